The molecule has 2 aromatic carbocycles. The molecule has 2 amide bonds. The van der Waals surface area contributed by atoms with Gasteiger partial charge in [-0.1, -0.05) is 30.8 Å². The number of carbonyl (C=O) groups is 2. The van der Waals surface area contributed by atoms with Crippen LogP contribution in [-0.4, -0.2) is 28.2 Å². The Kier molecular flexibility index (Phi) is 4.13. The summed E-state index contributed by atoms with van der Waals surface area (Å²) in [7, 11) is 0. The van der Waals surface area contributed by atoms with Crippen molar-refractivity contribution >= 4 is 22.7 Å². The third-order valence-corrected chi connectivity index (χ3v) is 7.87. The first-order valence-electron chi connectivity index (χ1n) is 11.5. The number of aryl methyl sites for hydroxylation is 1. The lowest BCUT2D eigenvalue weighted by atomic mass is 9.81. The number of hydrogen-bond donors (Lipinski definition) is 2. The molecule has 2 aliphatic carbocycles. The van der Waals surface area contributed by atoms with E-state index in [1.807, 2.05) is 11.0 Å². The molecule has 32 heavy (non-hydrogen) atoms. The molecule has 3 aromatic rings. The molecule has 0 saturated heterocycles. The quantitative estimate of drug-likeness (QED) is 0.615. The Hall–Kier alpha value is -3.34. The lowest BCUT2D eigenvalue weighted by molar-refractivity contribution is -0.126. The van der Waals surface area contributed by atoms with E-state index in [9.17, 15) is 9.59 Å². The summed E-state index contributed by atoms with van der Waals surface area (Å²) in [5.74, 6) is -0.418. The Bertz CT molecular complexity index is 1310. The van der Waals surface area contributed by atoms with Crippen molar-refractivity contribution in [1.82, 2.24) is 9.88 Å². The zero-order valence-electron chi connectivity index (χ0n) is 18.2. The number of amides is 2. The molecule has 0 unspecified atom stereocenters. The standard InChI is InChI=1S/C27H27N3O2/c1-2-23(31)30-13-9-17-16(15-30)4-3-5-18(17)19-6-7-20(26(28)32)25-24(19)21-14-27(11-12-27)10-8-22(21)29-25/h2-7,29H,1,8-15H2,(H2,28,32). The number of nitrogens with zero attached hydrogens (tertiary/aromatic N) is 1. The van der Waals surface area contributed by atoms with Gasteiger partial charge in [-0.3, -0.25) is 9.59 Å². The van der Waals surface area contributed by atoms with Crippen LogP contribution in [-0.2, 0) is 30.6 Å². The number of carbonyl (C=O) groups excluding carboxylic acids is 2. The first-order chi connectivity index (χ1) is 15.5. The second-order valence-electron chi connectivity index (χ2n) is 9.69. The number of nitrogens with two attached hydrogens (primary N) is 1. The molecule has 1 aromatic heterocycles. The number of aromatic amines is 1. The van der Waals surface area contributed by atoms with E-state index in [0.717, 1.165) is 24.8 Å². The highest BCUT2D eigenvalue weighted by Crippen LogP contribution is 2.56. The van der Waals surface area contributed by atoms with E-state index in [0.29, 0.717) is 24.1 Å². The molecule has 3 aliphatic rings. The van der Waals surface area contributed by atoms with Crippen molar-refractivity contribution in [2.75, 3.05) is 6.54 Å². The molecule has 0 atom stereocenters. The summed E-state index contributed by atoms with van der Waals surface area (Å²) in [6.07, 6.45) is 8.14. The lowest BCUT2D eigenvalue weighted by Crippen LogP contribution is -2.34. The van der Waals surface area contributed by atoms with Gasteiger partial charge in [0.25, 0.3) is 5.91 Å². The average molecular weight is 426 g/mol. The predicted octanol–water partition coefficient (Wildman–Crippen LogP) is 4.27. The molecule has 5 heteroatoms. The zero-order valence-corrected chi connectivity index (χ0v) is 18.2. The Morgan fingerprint density at radius 3 is 2.66 bits per heavy atom. The van der Waals surface area contributed by atoms with E-state index in [4.69, 9.17) is 5.73 Å². The predicted molar refractivity (Wildman–Crippen MR) is 125 cm³/mol. The maximum Gasteiger partial charge on any atom is 0.250 e. The Morgan fingerprint density at radius 1 is 1.06 bits per heavy atom. The Balaban J connectivity index is 1.55. The van der Waals surface area contributed by atoms with Crippen LogP contribution in [0.5, 0.6) is 0 Å². The third kappa shape index (κ3) is 2.84. The van der Waals surface area contributed by atoms with Gasteiger partial charge in [-0.2, -0.15) is 0 Å². The lowest BCUT2D eigenvalue weighted by Gasteiger charge is -2.30. The van der Waals surface area contributed by atoms with Gasteiger partial charge in [-0.25, -0.2) is 0 Å². The maximum absolute atomic E-state index is 12.2. The van der Waals surface area contributed by atoms with Crippen LogP contribution >= 0.6 is 0 Å². The van der Waals surface area contributed by atoms with Crippen molar-refractivity contribution in [2.45, 2.75) is 45.1 Å². The molecule has 3 N–H and O–H groups in total. The summed E-state index contributed by atoms with van der Waals surface area (Å²) in [4.78, 5) is 29.8. The molecule has 1 spiro atoms. The Morgan fingerprint density at radius 2 is 1.91 bits per heavy atom. The minimum Gasteiger partial charge on any atom is -0.366 e. The average Bonchev–Trinajstić information content (AvgIpc) is 3.45. The van der Waals surface area contributed by atoms with Gasteiger partial charge < -0.3 is 15.6 Å². The van der Waals surface area contributed by atoms with E-state index in [2.05, 4.69) is 35.8 Å². The van der Waals surface area contributed by atoms with Crippen LogP contribution in [0.25, 0.3) is 22.0 Å². The van der Waals surface area contributed by atoms with Crippen molar-refractivity contribution in [1.29, 1.82) is 0 Å². The largest absolute Gasteiger partial charge is 0.366 e. The van der Waals surface area contributed by atoms with Crippen LogP contribution in [0.2, 0.25) is 0 Å². The molecule has 2 heterocycles. The van der Waals surface area contributed by atoms with Gasteiger partial charge in [0, 0.05) is 24.2 Å². The van der Waals surface area contributed by atoms with Crippen molar-refractivity contribution in [3.05, 3.63) is 70.9 Å². The highest BCUT2D eigenvalue weighted by molar-refractivity contribution is 6.11. The number of nitrogens with one attached hydrogen (secondary N) is 1. The number of rotatable bonds is 3. The van der Waals surface area contributed by atoms with E-state index in [-0.39, 0.29) is 5.91 Å². The zero-order chi connectivity index (χ0) is 22.0. The summed E-state index contributed by atoms with van der Waals surface area (Å²) in [6, 6.07) is 10.3. The second kappa shape index (κ2) is 6.83. The molecule has 6 rings (SSSR count). The van der Waals surface area contributed by atoms with Crippen LogP contribution in [0.15, 0.2) is 43.0 Å². The molecular weight excluding hydrogens is 398 g/mol. The van der Waals surface area contributed by atoms with Crippen molar-refractivity contribution in [2.24, 2.45) is 11.1 Å². The second-order valence-corrected chi connectivity index (χ2v) is 9.69. The van der Waals surface area contributed by atoms with Gasteiger partial charge in [0.1, 0.15) is 0 Å². The number of aromatic nitrogens is 1. The van der Waals surface area contributed by atoms with E-state index >= 15 is 0 Å². The fourth-order valence-corrected chi connectivity index (χ4v) is 5.90. The smallest absolute Gasteiger partial charge is 0.250 e. The van der Waals surface area contributed by atoms with Crippen LogP contribution in [0.3, 0.4) is 0 Å². The minimum atomic E-state index is -0.394. The molecule has 1 fully saturated rings. The van der Waals surface area contributed by atoms with Gasteiger partial charge in [0.15, 0.2) is 0 Å². The molecule has 1 aliphatic heterocycles. The van der Waals surface area contributed by atoms with Gasteiger partial charge in [-0.05, 0) is 83.9 Å². The number of H-pyrrole nitrogens is 1. The number of primary amides is 1. The molecule has 162 valence electrons. The topological polar surface area (TPSA) is 79.2 Å². The SMILES string of the molecule is C=CC(=O)N1CCc2c(cccc2-c2ccc(C(N)=O)c3[nH]c4c(c23)CC2(CC4)CC2)C1. The van der Waals surface area contributed by atoms with E-state index in [1.54, 1.807) is 0 Å². The summed E-state index contributed by atoms with van der Waals surface area (Å²) in [5, 5.41) is 1.17. The van der Waals surface area contributed by atoms with Crippen molar-refractivity contribution in [3.8, 4) is 11.1 Å². The van der Waals surface area contributed by atoms with Crippen molar-refractivity contribution < 1.29 is 9.59 Å². The van der Waals surface area contributed by atoms with Gasteiger partial charge in [0.2, 0.25) is 5.91 Å². The molecule has 0 bridgehead atoms. The first-order valence-corrected chi connectivity index (χ1v) is 11.5. The number of benzene rings is 2. The van der Waals surface area contributed by atoms with Crippen LogP contribution in [0, 0.1) is 5.41 Å². The van der Waals surface area contributed by atoms with Gasteiger partial charge >= 0.3 is 0 Å². The van der Waals surface area contributed by atoms with E-state index < -0.39 is 5.91 Å². The van der Waals surface area contributed by atoms with Crippen LogP contribution in [0.4, 0.5) is 0 Å². The molecular formula is C27H27N3O2. The van der Waals surface area contributed by atoms with E-state index in [1.165, 1.54) is 64.2 Å². The molecule has 0 radical (unpaired) electrons. The highest BCUT2D eigenvalue weighted by Gasteiger charge is 2.45. The maximum atomic E-state index is 12.2. The first kappa shape index (κ1) is 19.4. The fourth-order valence-electron chi connectivity index (χ4n) is 5.90. The summed E-state index contributed by atoms with van der Waals surface area (Å²) < 4.78 is 0. The van der Waals surface area contributed by atoms with Crippen LogP contribution < -0.4 is 5.73 Å². The third-order valence-electron chi connectivity index (χ3n) is 7.87. The van der Waals surface area contributed by atoms with Gasteiger partial charge in [-0.15, -0.1) is 0 Å². The number of hydrogen-bond acceptors (Lipinski definition) is 2. The summed E-state index contributed by atoms with van der Waals surface area (Å²) in [5.41, 5.74) is 15.1. The number of fused-ring (bicyclic) bond motifs is 4. The molecule has 5 nitrogen and oxygen atoms in total. The normalized spacial score (nSPS) is 18.3. The summed E-state index contributed by atoms with van der Waals surface area (Å²) in [6.45, 7) is 4.92. The van der Waals surface area contributed by atoms with Crippen LogP contribution in [0.1, 0.15) is 52.0 Å². The fraction of sp³-hybridized carbons (Fsp3) is 0.333. The van der Waals surface area contributed by atoms with Gasteiger partial charge in [0.05, 0.1) is 11.1 Å². The summed E-state index contributed by atoms with van der Waals surface area (Å²) >= 11 is 0. The van der Waals surface area contributed by atoms with Crippen molar-refractivity contribution in [3.63, 3.8) is 0 Å². The Labute approximate surface area is 187 Å². The molecule has 1 saturated carbocycles. The highest BCUT2D eigenvalue weighted by atomic mass is 16.2. The monoisotopic (exact) mass is 425 g/mol. The minimum absolute atomic E-state index is 0.0244.